The van der Waals surface area contributed by atoms with Crippen molar-refractivity contribution in [1.29, 1.82) is 0 Å². The van der Waals surface area contributed by atoms with Gasteiger partial charge in [-0.25, -0.2) is 0 Å². The fraction of sp³-hybridized carbons (Fsp3) is 0.647. The van der Waals surface area contributed by atoms with Gasteiger partial charge in [0.05, 0.1) is 0 Å². The van der Waals surface area contributed by atoms with Crippen molar-refractivity contribution in [3.63, 3.8) is 0 Å². The lowest BCUT2D eigenvalue weighted by Gasteiger charge is -2.35. The Bertz CT molecular complexity index is 455. The molecule has 1 saturated heterocycles. The molecule has 1 heterocycles. The fourth-order valence-electron chi connectivity index (χ4n) is 3.23. The minimum absolute atomic E-state index is 0.291. The molecule has 1 aliphatic rings. The monoisotopic (exact) mass is 353 g/mol. The number of piperidine rings is 1. The van der Waals surface area contributed by atoms with Crippen LogP contribution < -0.4 is 5.73 Å². The van der Waals surface area contributed by atoms with Crippen molar-refractivity contribution in [3.05, 3.63) is 33.8 Å². The van der Waals surface area contributed by atoms with E-state index in [1.807, 2.05) is 0 Å². The molecule has 118 valence electrons. The molecule has 2 rings (SSSR count). The molecule has 0 amide bonds. The molecule has 2 N–H and O–H groups in total. The van der Waals surface area contributed by atoms with E-state index in [2.05, 4.69) is 64.9 Å². The van der Waals surface area contributed by atoms with E-state index in [0.717, 1.165) is 12.5 Å². The van der Waals surface area contributed by atoms with Gasteiger partial charge in [-0.1, -0.05) is 28.1 Å². The number of nitrogens with zero attached hydrogens (tertiary/aromatic N) is 2. The zero-order valence-corrected chi connectivity index (χ0v) is 15.1. The molecule has 1 aromatic rings. The number of likely N-dealkylation sites (N-methyl/N-ethyl adjacent to an activating group) is 1. The molecule has 3 nitrogen and oxygen atoms in total. The zero-order chi connectivity index (χ0) is 15.4. The van der Waals surface area contributed by atoms with Crippen molar-refractivity contribution in [1.82, 2.24) is 9.80 Å². The standard InChI is InChI=1S/C17H28BrN3/c1-13-4-5-15(16(18)10-13)17(11-19)21(3)12-14-6-8-20(2)9-7-14/h4-5,10,14,17H,6-9,11-12,19H2,1-3H3. The first-order chi connectivity index (χ1) is 10.0. The number of hydrogen-bond donors (Lipinski definition) is 1. The normalized spacial score (nSPS) is 19.1. The van der Waals surface area contributed by atoms with E-state index in [1.54, 1.807) is 0 Å². The Hall–Kier alpha value is -0.420. The van der Waals surface area contributed by atoms with Gasteiger partial charge < -0.3 is 10.6 Å². The maximum absolute atomic E-state index is 6.07. The van der Waals surface area contributed by atoms with E-state index in [-0.39, 0.29) is 0 Å². The maximum atomic E-state index is 6.07. The largest absolute Gasteiger partial charge is 0.329 e. The average molecular weight is 354 g/mol. The van der Waals surface area contributed by atoms with Crippen LogP contribution in [0.5, 0.6) is 0 Å². The van der Waals surface area contributed by atoms with E-state index in [4.69, 9.17) is 5.73 Å². The molecule has 0 aromatic heterocycles. The Balaban J connectivity index is 2.02. The van der Waals surface area contributed by atoms with Crippen LogP contribution in [0.1, 0.15) is 30.0 Å². The number of likely N-dealkylation sites (tertiary alicyclic amines) is 1. The van der Waals surface area contributed by atoms with Gasteiger partial charge in [-0.3, -0.25) is 4.90 Å². The Morgan fingerprint density at radius 2 is 2.05 bits per heavy atom. The Morgan fingerprint density at radius 1 is 1.38 bits per heavy atom. The summed E-state index contributed by atoms with van der Waals surface area (Å²) in [6.45, 7) is 6.36. The molecule has 0 bridgehead atoms. The van der Waals surface area contributed by atoms with Crippen LogP contribution in [0, 0.1) is 12.8 Å². The van der Waals surface area contributed by atoms with Crippen LogP contribution in [0.15, 0.2) is 22.7 Å². The van der Waals surface area contributed by atoms with Gasteiger partial charge in [-0.2, -0.15) is 0 Å². The second-order valence-electron chi connectivity index (χ2n) is 6.46. The van der Waals surface area contributed by atoms with Crippen LogP contribution >= 0.6 is 15.9 Å². The van der Waals surface area contributed by atoms with Gasteiger partial charge >= 0.3 is 0 Å². The highest BCUT2D eigenvalue weighted by Gasteiger charge is 2.23. The van der Waals surface area contributed by atoms with Crippen molar-refractivity contribution < 1.29 is 0 Å². The Morgan fingerprint density at radius 3 is 2.62 bits per heavy atom. The molecule has 0 spiro atoms. The molecule has 0 radical (unpaired) electrons. The van der Waals surface area contributed by atoms with Gasteiger partial charge in [0.25, 0.3) is 0 Å². The molecular formula is C17H28BrN3. The second kappa shape index (κ2) is 7.73. The van der Waals surface area contributed by atoms with Gasteiger partial charge in [0.2, 0.25) is 0 Å². The highest BCUT2D eigenvalue weighted by Crippen LogP contribution is 2.29. The summed E-state index contributed by atoms with van der Waals surface area (Å²) in [5.41, 5.74) is 8.65. The maximum Gasteiger partial charge on any atom is 0.0478 e. The van der Waals surface area contributed by atoms with Crippen LogP contribution in [-0.2, 0) is 0 Å². The zero-order valence-electron chi connectivity index (χ0n) is 13.5. The predicted octanol–water partition coefficient (Wildman–Crippen LogP) is 3.03. The second-order valence-corrected chi connectivity index (χ2v) is 7.32. The molecular weight excluding hydrogens is 326 g/mol. The summed E-state index contributed by atoms with van der Waals surface area (Å²) in [6, 6.07) is 6.86. The van der Waals surface area contributed by atoms with E-state index in [0.29, 0.717) is 12.6 Å². The Labute approximate surface area is 137 Å². The van der Waals surface area contributed by atoms with E-state index in [1.165, 1.54) is 41.5 Å². The molecule has 1 fully saturated rings. The minimum Gasteiger partial charge on any atom is -0.329 e. The first-order valence-electron chi connectivity index (χ1n) is 7.86. The molecule has 1 aliphatic heterocycles. The van der Waals surface area contributed by atoms with Crippen molar-refractivity contribution in [3.8, 4) is 0 Å². The van der Waals surface area contributed by atoms with E-state index >= 15 is 0 Å². The summed E-state index contributed by atoms with van der Waals surface area (Å²) in [5.74, 6) is 0.796. The van der Waals surface area contributed by atoms with E-state index < -0.39 is 0 Å². The Kier molecular flexibility index (Phi) is 6.23. The van der Waals surface area contributed by atoms with Gasteiger partial charge in [0, 0.05) is 23.6 Å². The highest BCUT2D eigenvalue weighted by molar-refractivity contribution is 9.10. The fourth-order valence-corrected chi connectivity index (χ4v) is 3.98. The van der Waals surface area contributed by atoms with Crippen molar-refractivity contribution in [2.24, 2.45) is 11.7 Å². The number of benzene rings is 1. The molecule has 1 atom stereocenters. The lowest BCUT2D eigenvalue weighted by Crippen LogP contribution is -2.39. The summed E-state index contributed by atoms with van der Waals surface area (Å²) >= 11 is 3.70. The van der Waals surface area contributed by atoms with Gasteiger partial charge in [0.15, 0.2) is 0 Å². The summed E-state index contributed by atoms with van der Waals surface area (Å²) in [4.78, 5) is 4.86. The summed E-state index contributed by atoms with van der Waals surface area (Å²) in [6.07, 6.45) is 2.60. The first kappa shape index (κ1) is 16.9. The smallest absolute Gasteiger partial charge is 0.0478 e. The third-order valence-electron chi connectivity index (χ3n) is 4.65. The van der Waals surface area contributed by atoms with Crippen molar-refractivity contribution >= 4 is 15.9 Å². The van der Waals surface area contributed by atoms with Crippen molar-refractivity contribution in [2.75, 3.05) is 40.3 Å². The first-order valence-corrected chi connectivity index (χ1v) is 8.65. The number of nitrogens with two attached hydrogens (primary N) is 1. The molecule has 21 heavy (non-hydrogen) atoms. The number of hydrogen-bond acceptors (Lipinski definition) is 3. The van der Waals surface area contributed by atoms with Crippen LogP contribution in [0.25, 0.3) is 0 Å². The van der Waals surface area contributed by atoms with Crippen LogP contribution in [-0.4, -0.2) is 50.1 Å². The topological polar surface area (TPSA) is 32.5 Å². The quantitative estimate of drug-likeness (QED) is 0.882. The third-order valence-corrected chi connectivity index (χ3v) is 5.34. The van der Waals surface area contributed by atoms with Crippen molar-refractivity contribution in [2.45, 2.75) is 25.8 Å². The highest BCUT2D eigenvalue weighted by atomic mass is 79.9. The molecule has 1 unspecified atom stereocenters. The summed E-state index contributed by atoms with van der Waals surface area (Å²) in [5, 5.41) is 0. The number of halogens is 1. The summed E-state index contributed by atoms with van der Waals surface area (Å²) < 4.78 is 1.17. The van der Waals surface area contributed by atoms with Gasteiger partial charge in [0.1, 0.15) is 0 Å². The number of aryl methyl sites for hydroxylation is 1. The average Bonchev–Trinajstić information content (AvgIpc) is 2.44. The molecule has 4 heteroatoms. The lowest BCUT2D eigenvalue weighted by atomic mass is 9.95. The van der Waals surface area contributed by atoms with E-state index in [9.17, 15) is 0 Å². The molecule has 0 saturated carbocycles. The van der Waals surface area contributed by atoms with Crippen LogP contribution in [0.2, 0.25) is 0 Å². The predicted molar refractivity (Wildman–Crippen MR) is 93.5 cm³/mol. The molecule has 0 aliphatic carbocycles. The van der Waals surface area contributed by atoms with Gasteiger partial charge in [-0.05, 0) is 70.1 Å². The summed E-state index contributed by atoms with van der Waals surface area (Å²) in [7, 11) is 4.42. The minimum atomic E-state index is 0.291. The number of rotatable bonds is 5. The van der Waals surface area contributed by atoms with Crippen LogP contribution in [0.3, 0.4) is 0 Å². The SMILES string of the molecule is Cc1ccc(C(CN)N(C)CC2CCN(C)CC2)c(Br)c1. The van der Waals surface area contributed by atoms with Crippen LogP contribution in [0.4, 0.5) is 0 Å². The molecule has 1 aromatic carbocycles. The van der Waals surface area contributed by atoms with Gasteiger partial charge in [-0.15, -0.1) is 0 Å². The third kappa shape index (κ3) is 4.52. The lowest BCUT2D eigenvalue weighted by molar-refractivity contribution is 0.151.